The van der Waals surface area contributed by atoms with Crippen LogP contribution in [0.3, 0.4) is 0 Å². The van der Waals surface area contributed by atoms with Gasteiger partial charge in [-0.3, -0.25) is 5.32 Å². The molecule has 1 aromatic heterocycles. The second-order valence-corrected chi connectivity index (χ2v) is 6.09. The van der Waals surface area contributed by atoms with E-state index in [0.717, 1.165) is 12.3 Å². The van der Waals surface area contributed by atoms with E-state index in [9.17, 15) is 0 Å². The van der Waals surface area contributed by atoms with Crippen LogP contribution >= 0.6 is 0 Å². The molecular formula is C17H21N3O. The van der Waals surface area contributed by atoms with Crippen molar-refractivity contribution < 1.29 is 4.74 Å². The highest BCUT2D eigenvalue weighted by molar-refractivity contribution is 5.35. The molecule has 4 heteroatoms. The van der Waals surface area contributed by atoms with Crippen LogP contribution in [0.25, 0.3) is 5.69 Å². The lowest BCUT2D eigenvalue weighted by Crippen LogP contribution is -2.48. The summed E-state index contributed by atoms with van der Waals surface area (Å²) in [6.07, 6.45) is 10.9. The molecule has 21 heavy (non-hydrogen) atoms. The molecule has 4 rings (SSSR count). The minimum Gasteiger partial charge on any atom is -0.359 e. The van der Waals surface area contributed by atoms with Crippen molar-refractivity contribution in [1.82, 2.24) is 14.9 Å². The van der Waals surface area contributed by atoms with Gasteiger partial charge in [-0.2, -0.15) is 0 Å². The third-order valence-corrected chi connectivity index (χ3v) is 4.75. The second kappa shape index (κ2) is 5.62. The first-order valence-electron chi connectivity index (χ1n) is 7.86. The smallest absolute Gasteiger partial charge is 0.134 e. The van der Waals surface area contributed by atoms with Crippen molar-refractivity contribution in [3.63, 3.8) is 0 Å². The van der Waals surface area contributed by atoms with Gasteiger partial charge in [0.05, 0.1) is 12.9 Å². The Balaban J connectivity index is 1.49. The Kier molecular flexibility index (Phi) is 3.49. The van der Waals surface area contributed by atoms with Crippen molar-refractivity contribution in [2.24, 2.45) is 5.92 Å². The maximum absolute atomic E-state index is 6.03. The Labute approximate surface area is 125 Å². The molecule has 3 atom stereocenters. The molecule has 1 aliphatic carbocycles. The van der Waals surface area contributed by atoms with Crippen LogP contribution < -0.4 is 5.32 Å². The molecule has 0 unspecified atom stereocenters. The van der Waals surface area contributed by atoms with Gasteiger partial charge in [-0.05, 0) is 36.5 Å². The molecule has 0 radical (unpaired) electrons. The lowest BCUT2D eigenvalue weighted by atomic mass is 9.84. The molecule has 1 aromatic carbocycles. The summed E-state index contributed by atoms with van der Waals surface area (Å²) in [6, 6.07) is 9.17. The molecule has 0 amide bonds. The van der Waals surface area contributed by atoms with Gasteiger partial charge < -0.3 is 9.30 Å². The quantitative estimate of drug-likeness (QED) is 0.920. The van der Waals surface area contributed by atoms with Crippen LogP contribution in [0.1, 0.15) is 37.5 Å². The van der Waals surface area contributed by atoms with E-state index in [4.69, 9.17) is 4.74 Å². The highest BCUT2D eigenvalue weighted by Crippen LogP contribution is 2.32. The number of rotatable bonds is 2. The summed E-state index contributed by atoms with van der Waals surface area (Å²) in [4.78, 5) is 4.08. The van der Waals surface area contributed by atoms with Gasteiger partial charge in [0.15, 0.2) is 0 Å². The highest BCUT2D eigenvalue weighted by Gasteiger charge is 2.32. The number of aromatic nitrogens is 2. The van der Waals surface area contributed by atoms with E-state index < -0.39 is 0 Å². The van der Waals surface area contributed by atoms with E-state index in [1.54, 1.807) is 6.20 Å². The van der Waals surface area contributed by atoms with Gasteiger partial charge in [-0.1, -0.05) is 25.0 Å². The van der Waals surface area contributed by atoms with Crippen molar-refractivity contribution in [3.8, 4) is 5.69 Å². The topological polar surface area (TPSA) is 39.1 Å². The van der Waals surface area contributed by atoms with E-state index >= 15 is 0 Å². The normalized spacial score (nSPS) is 29.0. The van der Waals surface area contributed by atoms with Gasteiger partial charge in [-0.25, -0.2) is 4.98 Å². The first-order chi connectivity index (χ1) is 10.4. The molecule has 0 spiro atoms. The van der Waals surface area contributed by atoms with Crippen LogP contribution in [0.15, 0.2) is 43.0 Å². The Morgan fingerprint density at radius 3 is 2.81 bits per heavy atom. The summed E-state index contributed by atoms with van der Waals surface area (Å²) in [6.45, 7) is 0.894. The summed E-state index contributed by atoms with van der Waals surface area (Å²) in [5, 5.41) is 3.68. The SMILES string of the molecule is c1cn(-c2ccc([C@@H]3N[C@@H]4CCCC[C@H]4CO3)cc2)cn1. The third-order valence-electron chi connectivity index (χ3n) is 4.75. The molecule has 1 saturated carbocycles. The van der Waals surface area contributed by atoms with Crippen LogP contribution in [0.4, 0.5) is 0 Å². The zero-order valence-electron chi connectivity index (χ0n) is 12.1. The van der Waals surface area contributed by atoms with E-state index in [0.29, 0.717) is 12.0 Å². The molecule has 2 fully saturated rings. The maximum atomic E-state index is 6.03. The summed E-state index contributed by atoms with van der Waals surface area (Å²) < 4.78 is 8.04. The highest BCUT2D eigenvalue weighted by atomic mass is 16.5. The number of hydrogen-bond donors (Lipinski definition) is 1. The van der Waals surface area contributed by atoms with Gasteiger partial charge in [0.25, 0.3) is 0 Å². The predicted octanol–water partition coefficient (Wildman–Crippen LogP) is 3.05. The zero-order valence-corrected chi connectivity index (χ0v) is 12.1. The fraction of sp³-hybridized carbons (Fsp3) is 0.471. The van der Waals surface area contributed by atoms with Gasteiger partial charge in [0, 0.05) is 24.1 Å². The van der Waals surface area contributed by atoms with E-state index in [-0.39, 0.29) is 6.23 Å². The number of nitrogens with one attached hydrogen (secondary N) is 1. The lowest BCUT2D eigenvalue weighted by Gasteiger charge is -2.40. The van der Waals surface area contributed by atoms with Gasteiger partial charge in [0.2, 0.25) is 0 Å². The Morgan fingerprint density at radius 2 is 2.00 bits per heavy atom. The number of ether oxygens (including phenoxy) is 1. The van der Waals surface area contributed by atoms with Crippen molar-refractivity contribution >= 4 is 0 Å². The van der Waals surface area contributed by atoms with Crippen LogP contribution in [0.2, 0.25) is 0 Å². The van der Waals surface area contributed by atoms with E-state index in [1.807, 2.05) is 17.1 Å². The van der Waals surface area contributed by atoms with Crippen LogP contribution in [0.5, 0.6) is 0 Å². The minimum absolute atomic E-state index is 0.0428. The van der Waals surface area contributed by atoms with Crippen LogP contribution in [-0.2, 0) is 4.74 Å². The number of imidazole rings is 1. The number of benzene rings is 1. The molecule has 110 valence electrons. The van der Waals surface area contributed by atoms with Crippen LogP contribution in [0, 0.1) is 5.92 Å². The molecule has 4 nitrogen and oxygen atoms in total. The van der Waals surface area contributed by atoms with Crippen molar-refractivity contribution in [1.29, 1.82) is 0 Å². The molecule has 2 aromatic rings. The fourth-order valence-corrected chi connectivity index (χ4v) is 3.51. The monoisotopic (exact) mass is 283 g/mol. The average molecular weight is 283 g/mol. The Morgan fingerprint density at radius 1 is 1.14 bits per heavy atom. The van der Waals surface area contributed by atoms with E-state index in [1.165, 1.54) is 31.2 Å². The molecule has 2 heterocycles. The summed E-state index contributed by atoms with van der Waals surface area (Å²) in [5.41, 5.74) is 2.34. The molecule has 2 aliphatic rings. The average Bonchev–Trinajstić information content (AvgIpc) is 3.09. The summed E-state index contributed by atoms with van der Waals surface area (Å²) in [7, 11) is 0. The molecular weight excluding hydrogens is 262 g/mol. The summed E-state index contributed by atoms with van der Waals surface area (Å²) >= 11 is 0. The third kappa shape index (κ3) is 2.61. The first kappa shape index (κ1) is 13.0. The lowest BCUT2D eigenvalue weighted by molar-refractivity contribution is -0.0640. The van der Waals surface area contributed by atoms with Gasteiger partial charge in [-0.15, -0.1) is 0 Å². The maximum Gasteiger partial charge on any atom is 0.134 e. The van der Waals surface area contributed by atoms with Crippen LogP contribution in [-0.4, -0.2) is 22.2 Å². The predicted molar refractivity (Wildman–Crippen MR) is 81.1 cm³/mol. The Bertz CT molecular complexity index is 579. The van der Waals surface area contributed by atoms with E-state index in [2.05, 4.69) is 34.6 Å². The minimum atomic E-state index is 0.0428. The molecule has 1 aliphatic heterocycles. The largest absolute Gasteiger partial charge is 0.359 e. The van der Waals surface area contributed by atoms with Gasteiger partial charge >= 0.3 is 0 Å². The first-order valence-corrected chi connectivity index (χ1v) is 7.86. The molecule has 1 saturated heterocycles. The fourth-order valence-electron chi connectivity index (χ4n) is 3.51. The zero-order chi connectivity index (χ0) is 14.1. The van der Waals surface area contributed by atoms with Crippen molar-refractivity contribution in [2.75, 3.05) is 6.61 Å². The van der Waals surface area contributed by atoms with Crippen molar-refractivity contribution in [3.05, 3.63) is 48.5 Å². The molecule has 1 N–H and O–H groups in total. The van der Waals surface area contributed by atoms with Gasteiger partial charge in [0.1, 0.15) is 6.23 Å². The standard InChI is InChI=1S/C17H21N3O/c1-2-4-16-14(3-1)11-21-17(19-16)13-5-7-15(8-6-13)20-10-9-18-12-20/h5-10,12,14,16-17,19H,1-4,11H2/t14-,16+,17+/m0/s1. The summed E-state index contributed by atoms with van der Waals surface area (Å²) in [5.74, 6) is 0.709. The molecule has 0 bridgehead atoms. The number of fused-ring (bicyclic) bond motifs is 1. The second-order valence-electron chi connectivity index (χ2n) is 6.09. The number of nitrogens with zero attached hydrogens (tertiary/aromatic N) is 2. The number of hydrogen-bond acceptors (Lipinski definition) is 3. The van der Waals surface area contributed by atoms with Crippen molar-refractivity contribution in [2.45, 2.75) is 38.0 Å². The Hall–Kier alpha value is -1.65.